The molecule has 2 aromatic carbocycles. The van der Waals surface area contributed by atoms with Gasteiger partial charge in [0.2, 0.25) is 0 Å². The second kappa shape index (κ2) is 7.05. The molecular formula is C21H21FN2O3S. The van der Waals surface area contributed by atoms with Crippen molar-refractivity contribution in [2.45, 2.75) is 19.4 Å². The van der Waals surface area contributed by atoms with Crippen LogP contribution in [0.4, 0.5) is 10.1 Å². The van der Waals surface area contributed by atoms with Crippen molar-refractivity contribution in [2.24, 2.45) is 0 Å². The summed E-state index contributed by atoms with van der Waals surface area (Å²) in [6.07, 6.45) is 2.68. The van der Waals surface area contributed by atoms with Gasteiger partial charge in [-0.3, -0.25) is 4.79 Å². The van der Waals surface area contributed by atoms with Crippen LogP contribution in [0.15, 0.2) is 34.7 Å². The number of carbonyl (C=O) groups excluding carboxylic acids is 1. The molecule has 0 aliphatic carbocycles. The van der Waals surface area contributed by atoms with E-state index in [9.17, 15) is 9.18 Å². The van der Waals surface area contributed by atoms with Crippen LogP contribution in [0.2, 0.25) is 0 Å². The van der Waals surface area contributed by atoms with Crippen molar-refractivity contribution in [1.29, 1.82) is 0 Å². The fraction of sp³-hybridized carbons (Fsp3) is 0.286. The van der Waals surface area contributed by atoms with Gasteiger partial charge in [-0.1, -0.05) is 11.9 Å². The van der Waals surface area contributed by atoms with Gasteiger partial charge >= 0.3 is 0 Å². The van der Waals surface area contributed by atoms with Crippen molar-refractivity contribution in [1.82, 2.24) is 5.32 Å². The number of furan rings is 1. The van der Waals surface area contributed by atoms with Crippen LogP contribution in [0.1, 0.15) is 22.8 Å². The fourth-order valence-electron chi connectivity index (χ4n) is 3.64. The van der Waals surface area contributed by atoms with Crippen molar-refractivity contribution in [3.8, 4) is 17.1 Å². The molecule has 0 spiro atoms. The minimum atomic E-state index is -0.339. The van der Waals surface area contributed by atoms with Gasteiger partial charge in [0.05, 0.1) is 11.3 Å². The smallest absolute Gasteiger partial charge is 0.255 e. The van der Waals surface area contributed by atoms with Gasteiger partial charge in [0.25, 0.3) is 5.91 Å². The van der Waals surface area contributed by atoms with Crippen LogP contribution >= 0.6 is 11.9 Å². The Kier molecular flexibility index (Phi) is 4.71. The molecule has 146 valence electrons. The van der Waals surface area contributed by atoms with Crippen LogP contribution in [0.5, 0.6) is 5.75 Å². The third kappa shape index (κ3) is 2.90. The van der Waals surface area contributed by atoms with E-state index in [4.69, 9.17) is 9.15 Å². The summed E-state index contributed by atoms with van der Waals surface area (Å²) in [5.41, 5.74) is 3.59. The average Bonchev–Trinajstić information content (AvgIpc) is 3.26. The van der Waals surface area contributed by atoms with E-state index in [-0.39, 0.29) is 17.8 Å². The van der Waals surface area contributed by atoms with Gasteiger partial charge < -0.3 is 18.8 Å². The predicted molar refractivity (Wildman–Crippen MR) is 111 cm³/mol. The first-order valence-electron chi connectivity index (χ1n) is 8.99. The monoisotopic (exact) mass is 400 g/mol. The van der Waals surface area contributed by atoms with Gasteiger partial charge in [0.15, 0.2) is 0 Å². The zero-order chi connectivity index (χ0) is 20.0. The largest absolute Gasteiger partial charge is 0.488 e. The molecule has 1 aromatic heterocycles. The Morgan fingerprint density at radius 1 is 1.32 bits per heavy atom. The molecule has 4 rings (SSSR count). The molecule has 0 bridgehead atoms. The Bertz CT molecular complexity index is 1060. The normalized spacial score (nSPS) is 15.4. The predicted octanol–water partition coefficient (Wildman–Crippen LogP) is 4.64. The molecule has 1 unspecified atom stereocenters. The van der Waals surface area contributed by atoms with E-state index in [1.807, 2.05) is 30.6 Å². The first-order valence-corrected chi connectivity index (χ1v) is 10.2. The zero-order valence-corrected chi connectivity index (χ0v) is 16.9. The molecule has 2 heterocycles. The van der Waals surface area contributed by atoms with E-state index < -0.39 is 0 Å². The summed E-state index contributed by atoms with van der Waals surface area (Å²) < 4.78 is 27.7. The minimum Gasteiger partial charge on any atom is -0.488 e. The van der Waals surface area contributed by atoms with Gasteiger partial charge in [-0.25, -0.2) is 4.39 Å². The molecule has 1 N–H and O–H groups in total. The summed E-state index contributed by atoms with van der Waals surface area (Å²) >= 11 is 1.56. The highest BCUT2D eigenvalue weighted by atomic mass is 32.2. The van der Waals surface area contributed by atoms with Crippen LogP contribution < -0.4 is 14.4 Å². The molecule has 7 heteroatoms. The number of nitrogens with zero attached hydrogens (tertiary/aromatic N) is 1. The first kappa shape index (κ1) is 18.7. The van der Waals surface area contributed by atoms with Crippen molar-refractivity contribution in [3.63, 3.8) is 0 Å². The summed E-state index contributed by atoms with van der Waals surface area (Å²) in [4.78, 5) is 12.8. The number of benzene rings is 2. The number of hydrogen-bond donors (Lipinski definition) is 1. The van der Waals surface area contributed by atoms with Crippen molar-refractivity contribution >= 4 is 34.5 Å². The molecule has 28 heavy (non-hydrogen) atoms. The average molecular weight is 400 g/mol. The highest BCUT2D eigenvalue weighted by Crippen LogP contribution is 2.48. The summed E-state index contributed by atoms with van der Waals surface area (Å²) in [5.74, 6) is 0.632. The quantitative estimate of drug-likeness (QED) is 0.647. The maximum Gasteiger partial charge on any atom is 0.255 e. The van der Waals surface area contributed by atoms with E-state index in [2.05, 4.69) is 5.32 Å². The maximum absolute atomic E-state index is 13.4. The molecule has 1 atom stereocenters. The van der Waals surface area contributed by atoms with Crippen molar-refractivity contribution < 1.29 is 18.3 Å². The number of carbonyl (C=O) groups is 1. The zero-order valence-electron chi connectivity index (χ0n) is 16.1. The standard InChI is InChI=1S/C21H21FN2O3S/c1-11-9-14-17-16(10-15(20(14)26-11)24(3)28-4)27-19(18(17)21(25)23-2)12-5-7-13(22)8-6-12/h5-8,10-11H,9H2,1-4H3,(H,23,25). The molecule has 0 saturated heterocycles. The summed E-state index contributed by atoms with van der Waals surface area (Å²) in [6, 6.07) is 7.86. The van der Waals surface area contributed by atoms with Crippen molar-refractivity contribution in [3.05, 3.63) is 47.3 Å². The molecule has 3 aromatic rings. The molecular weight excluding hydrogens is 379 g/mol. The SMILES string of the molecule is CNC(=O)c1c(-c2ccc(F)cc2)oc2cc(N(C)SC)c3c(c12)CC(C)O3. The lowest BCUT2D eigenvalue weighted by Gasteiger charge is -2.19. The molecule has 1 aliphatic heterocycles. The van der Waals surface area contributed by atoms with Gasteiger partial charge in [-0.15, -0.1) is 0 Å². The van der Waals surface area contributed by atoms with Crippen LogP contribution in [0.3, 0.4) is 0 Å². The number of anilines is 1. The molecule has 0 radical (unpaired) electrons. The molecule has 0 saturated carbocycles. The van der Waals surface area contributed by atoms with E-state index >= 15 is 0 Å². The number of halogens is 1. The van der Waals surface area contributed by atoms with Gasteiger partial charge in [0.1, 0.15) is 29.0 Å². The van der Waals surface area contributed by atoms with Crippen molar-refractivity contribution in [2.75, 3.05) is 24.7 Å². The third-order valence-corrected chi connectivity index (χ3v) is 5.74. The van der Waals surface area contributed by atoms with E-state index in [0.29, 0.717) is 28.9 Å². The summed E-state index contributed by atoms with van der Waals surface area (Å²) in [6.45, 7) is 2.01. The molecule has 0 fully saturated rings. The van der Waals surface area contributed by atoms with E-state index in [1.54, 1.807) is 31.1 Å². The van der Waals surface area contributed by atoms with E-state index in [1.165, 1.54) is 12.1 Å². The second-order valence-corrected chi connectivity index (χ2v) is 7.69. The van der Waals surface area contributed by atoms with Crippen LogP contribution in [-0.2, 0) is 6.42 Å². The second-order valence-electron chi connectivity index (χ2n) is 6.78. The van der Waals surface area contributed by atoms with Gasteiger partial charge in [0, 0.05) is 49.4 Å². The van der Waals surface area contributed by atoms with E-state index in [0.717, 1.165) is 22.4 Å². The maximum atomic E-state index is 13.4. The highest BCUT2D eigenvalue weighted by molar-refractivity contribution is 7.99. The molecule has 5 nitrogen and oxygen atoms in total. The number of nitrogens with one attached hydrogen (secondary N) is 1. The number of fused-ring (bicyclic) bond motifs is 3. The fourth-order valence-corrected chi connectivity index (χ4v) is 3.98. The first-order chi connectivity index (χ1) is 13.4. The van der Waals surface area contributed by atoms with Crippen LogP contribution in [0, 0.1) is 5.82 Å². The lowest BCUT2D eigenvalue weighted by molar-refractivity contribution is 0.0964. The van der Waals surface area contributed by atoms with Gasteiger partial charge in [-0.05, 0) is 31.2 Å². The van der Waals surface area contributed by atoms with Crippen LogP contribution in [-0.4, -0.2) is 32.4 Å². The minimum absolute atomic E-state index is 0.0105. The summed E-state index contributed by atoms with van der Waals surface area (Å²) in [7, 11) is 3.55. The topological polar surface area (TPSA) is 54.7 Å². The molecule has 1 aliphatic rings. The van der Waals surface area contributed by atoms with Gasteiger partial charge in [-0.2, -0.15) is 0 Å². The Morgan fingerprint density at radius 3 is 2.68 bits per heavy atom. The number of ether oxygens (including phenoxy) is 1. The Labute approximate surface area is 167 Å². The Hall–Kier alpha value is -2.67. The molecule has 1 amide bonds. The number of rotatable bonds is 4. The lowest BCUT2D eigenvalue weighted by atomic mass is 9.98. The highest BCUT2D eigenvalue weighted by Gasteiger charge is 2.32. The Balaban J connectivity index is 2.06. The third-order valence-electron chi connectivity index (χ3n) is 5.00. The Morgan fingerprint density at radius 2 is 2.04 bits per heavy atom. The summed E-state index contributed by atoms with van der Waals surface area (Å²) in [5, 5.41) is 3.46. The number of amides is 1. The number of hydrogen-bond acceptors (Lipinski definition) is 5. The lowest BCUT2D eigenvalue weighted by Crippen LogP contribution is -2.18. The van der Waals surface area contributed by atoms with Crippen LogP contribution in [0.25, 0.3) is 22.3 Å².